The molecule has 0 aliphatic carbocycles. The maximum Gasteiger partial charge on any atom is 0.0488 e. The van der Waals surface area contributed by atoms with Crippen LogP contribution in [0.2, 0.25) is 0 Å². The van der Waals surface area contributed by atoms with Crippen LogP contribution in [0.15, 0.2) is 22.9 Å². The highest BCUT2D eigenvalue weighted by Crippen LogP contribution is 2.29. The monoisotopic (exact) mass is 283 g/mol. The normalized spacial score (nSPS) is 23.6. The first-order chi connectivity index (χ1) is 7.72. The van der Waals surface area contributed by atoms with Crippen molar-refractivity contribution in [2.45, 2.75) is 31.8 Å². The Bertz CT molecular complexity index is 356. The van der Waals surface area contributed by atoms with Crippen molar-refractivity contribution in [3.63, 3.8) is 0 Å². The van der Waals surface area contributed by atoms with E-state index in [9.17, 15) is 0 Å². The summed E-state index contributed by atoms with van der Waals surface area (Å²) in [6.07, 6.45) is 6.29. The molecule has 2 heterocycles. The zero-order valence-corrected chi connectivity index (χ0v) is 11.2. The largest absolute Gasteiger partial charge is 0.329 e. The van der Waals surface area contributed by atoms with Crippen LogP contribution in [0.4, 0.5) is 0 Å². The lowest BCUT2D eigenvalue weighted by Crippen LogP contribution is -2.36. The standard InChI is InChI=1S/C12H18BrN3/c1-9-3-2-4-16(9)12(6-14)10-5-11(13)8-15-7-10/h5,7-9,12H,2-4,6,14H2,1H3. The summed E-state index contributed by atoms with van der Waals surface area (Å²) >= 11 is 3.46. The molecule has 2 N–H and O–H groups in total. The van der Waals surface area contributed by atoms with Gasteiger partial charge in [-0.15, -0.1) is 0 Å². The number of rotatable bonds is 3. The maximum atomic E-state index is 5.91. The van der Waals surface area contributed by atoms with Gasteiger partial charge in [-0.2, -0.15) is 0 Å². The van der Waals surface area contributed by atoms with E-state index >= 15 is 0 Å². The Hall–Kier alpha value is -0.450. The summed E-state index contributed by atoms with van der Waals surface area (Å²) in [5.41, 5.74) is 7.13. The fourth-order valence-corrected chi connectivity index (χ4v) is 2.87. The molecular weight excluding hydrogens is 266 g/mol. The van der Waals surface area contributed by atoms with Crippen molar-refractivity contribution in [1.82, 2.24) is 9.88 Å². The molecule has 0 spiro atoms. The lowest BCUT2D eigenvalue weighted by atomic mass is 10.1. The molecule has 1 saturated heterocycles. The third kappa shape index (κ3) is 2.44. The van der Waals surface area contributed by atoms with Crippen LogP contribution in [-0.4, -0.2) is 29.0 Å². The zero-order chi connectivity index (χ0) is 11.5. The van der Waals surface area contributed by atoms with Crippen LogP contribution in [0.3, 0.4) is 0 Å². The second kappa shape index (κ2) is 5.25. The van der Waals surface area contributed by atoms with Gasteiger partial charge in [0.1, 0.15) is 0 Å². The summed E-state index contributed by atoms with van der Waals surface area (Å²) in [7, 11) is 0. The van der Waals surface area contributed by atoms with E-state index in [-0.39, 0.29) is 0 Å². The Kier molecular flexibility index (Phi) is 3.95. The van der Waals surface area contributed by atoms with Gasteiger partial charge >= 0.3 is 0 Å². The fourth-order valence-electron chi connectivity index (χ4n) is 2.49. The second-order valence-electron chi connectivity index (χ2n) is 4.42. The van der Waals surface area contributed by atoms with Gasteiger partial charge in [-0.25, -0.2) is 0 Å². The highest BCUT2D eigenvalue weighted by Gasteiger charge is 2.28. The second-order valence-corrected chi connectivity index (χ2v) is 5.33. The average molecular weight is 284 g/mol. The Morgan fingerprint density at radius 3 is 3.00 bits per heavy atom. The highest BCUT2D eigenvalue weighted by molar-refractivity contribution is 9.10. The molecule has 1 aromatic heterocycles. The van der Waals surface area contributed by atoms with Gasteiger partial charge in [0.05, 0.1) is 0 Å². The molecule has 2 unspecified atom stereocenters. The van der Waals surface area contributed by atoms with E-state index < -0.39 is 0 Å². The predicted octanol–water partition coefficient (Wildman–Crippen LogP) is 2.33. The van der Waals surface area contributed by atoms with Crippen molar-refractivity contribution in [1.29, 1.82) is 0 Å². The van der Waals surface area contributed by atoms with Gasteiger partial charge in [0, 0.05) is 35.5 Å². The van der Waals surface area contributed by atoms with Gasteiger partial charge in [0.2, 0.25) is 0 Å². The molecule has 1 aromatic rings. The number of hydrogen-bond donors (Lipinski definition) is 1. The Morgan fingerprint density at radius 1 is 1.62 bits per heavy atom. The molecule has 4 heteroatoms. The molecule has 16 heavy (non-hydrogen) atoms. The average Bonchev–Trinajstić information content (AvgIpc) is 2.67. The summed E-state index contributed by atoms with van der Waals surface area (Å²) in [5.74, 6) is 0. The minimum absolute atomic E-state index is 0.308. The molecule has 88 valence electrons. The van der Waals surface area contributed by atoms with Crippen LogP contribution < -0.4 is 5.73 Å². The summed E-state index contributed by atoms with van der Waals surface area (Å²) in [5, 5.41) is 0. The third-order valence-corrected chi connectivity index (χ3v) is 3.77. The number of nitrogens with two attached hydrogens (primary N) is 1. The fraction of sp³-hybridized carbons (Fsp3) is 0.583. The van der Waals surface area contributed by atoms with E-state index in [1.54, 1.807) is 0 Å². The van der Waals surface area contributed by atoms with Gasteiger partial charge < -0.3 is 5.73 Å². The molecule has 2 rings (SSSR count). The zero-order valence-electron chi connectivity index (χ0n) is 9.56. The van der Waals surface area contributed by atoms with Crippen LogP contribution in [-0.2, 0) is 0 Å². The van der Waals surface area contributed by atoms with E-state index in [1.807, 2.05) is 12.4 Å². The summed E-state index contributed by atoms with van der Waals surface area (Å²) in [6, 6.07) is 3.06. The number of likely N-dealkylation sites (tertiary alicyclic amines) is 1. The lowest BCUT2D eigenvalue weighted by molar-refractivity contribution is 0.195. The van der Waals surface area contributed by atoms with Gasteiger partial charge in [-0.3, -0.25) is 9.88 Å². The number of pyridine rings is 1. The first kappa shape index (κ1) is 12.0. The van der Waals surface area contributed by atoms with Crippen LogP contribution in [0.1, 0.15) is 31.4 Å². The third-order valence-electron chi connectivity index (χ3n) is 3.34. The summed E-state index contributed by atoms with van der Waals surface area (Å²) in [6.45, 7) is 4.08. The van der Waals surface area contributed by atoms with Gasteiger partial charge in [0.25, 0.3) is 0 Å². The first-order valence-corrected chi connectivity index (χ1v) is 6.58. The molecule has 0 saturated carbocycles. The molecule has 0 amide bonds. The van der Waals surface area contributed by atoms with Crippen LogP contribution in [0.25, 0.3) is 0 Å². The molecule has 0 aromatic carbocycles. The van der Waals surface area contributed by atoms with E-state index in [1.165, 1.54) is 18.4 Å². The van der Waals surface area contributed by atoms with E-state index in [4.69, 9.17) is 5.73 Å². The summed E-state index contributed by atoms with van der Waals surface area (Å²) < 4.78 is 1.02. The Balaban J connectivity index is 2.21. The van der Waals surface area contributed by atoms with Gasteiger partial charge in [-0.05, 0) is 53.9 Å². The number of hydrogen-bond acceptors (Lipinski definition) is 3. The quantitative estimate of drug-likeness (QED) is 0.926. The van der Waals surface area contributed by atoms with Crippen LogP contribution in [0, 0.1) is 0 Å². The van der Waals surface area contributed by atoms with Gasteiger partial charge in [0.15, 0.2) is 0 Å². The summed E-state index contributed by atoms with van der Waals surface area (Å²) in [4.78, 5) is 6.71. The molecule has 1 fully saturated rings. The number of nitrogens with zero attached hydrogens (tertiary/aromatic N) is 2. The van der Waals surface area contributed by atoms with Crippen LogP contribution in [0.5, 0.6) is 0 Å². The SMILES string of the molecule is CC1CCCN1C(CN)c1cncc(Br)c1. The molecule has 3 nitrogen and oxygen atoms in total. The highest BCUT2D eigenvalue weighted by atomic mass is 79.9. The first-order valence-electron chi connectivity index (χ1n) is 5.78. The van der Waals surface area contributed by atoms with Crippen molar-refractivity contribution in [3.05, 3.63) is 28.5 Å². The van der Waals surface area contributed by atoms with Crippen LogP contribution >= 0.6 is 15.9 Å². The number of halogens is 1. The topological polar surface area (TPSA) is 42.1 Å². The Morgan fingerprint density at radius 2 is 2.44 bits per heavy atom. The number of aromatic nitrogens is 1. The van der Waals surface area contributed by atoms with E-state index in [0.717, 1.165) is 11.0 Å². The molecule has 0 bridgehead atoms. The molecule has 2 atom stereocenters. The maximum absolute atomic E-state index is 5.91. The molecule has 1 aliphatic heterocycles. The minimum atomic E-state index is 0.308. The van der Waals surface area contributed by atoms with Crippen molar-refractivity contribution in [3.8, 4) is 0 Å². The molecule has 0 radical (unpaired) electrons. The lowest BCUT2D eigenvalue weighted by Gasteiger charge is -2.30. The Labute approximate surface area is 105 Å². The van der Waals surface area contributed by atoms with Gasteiger partial charge in [-0.1, -0.05) is 0 Å². The van der Waals surface area contributed by atoms with Crippen molar-refractivity contribution < 1.29 is 0 Å². The van der Waals surface area contributed by atoms with E-state index in [0.29, 0.717) is 18.6 Å². The minimum Gasteiger partial charge on any atom is -0.329 e. The smallest absolute Gasteiger partial charge is 0.0488 e. The molecule has 1 aliphatic rings. The van der Waals surface area contributed by atoms with Crippen molar-refractivity contribution in [2.24, 2.45) is 5.73 Å². The van der Waals surface area contributed by atoms with Crippen molar-refractivity contribution >= 4 is 15.9 Å². The molecular formula is C12H18BrN3. The van der Waals surface area contributed by atoms with E-state index in [2.05, 4.69) is 38.8 Å². The van der Waals surface area contributed by atoms with Crippen molar-refractivity contribution in [2.75, 3.05) is 13.1 Å². The predicted molar refractivity (Wildman–Crippen MR) is 69.1 cm³/mol.